The highest BCUT2D eigenvalue weighted by molar-refractivity contribution is 14.1. The first kappa shape index (κ1) is 10.9. The van der Waals surface area contributed by atoms with Gasteiger partial charge >= 0.3 is 0 Å². The number of carbonyl (C=O) groups is 1. The van der Waals surface area contributed by atoms with Gasteiger partial charge in [-0.15, -0.1) is 0 Å². The molecule has 2 nitrogen and oxygen atoms in total. The van der Waals surface area contributed by atoms with Crippen molar-refractivity contribution in [3.8, 4) is 0 Å². The van der Waals surface area contributed by atoms with Gasteiger partial charge in [0, 0.05) is 15.5 Å². The van der Waals surface area contributed by atoms with Crippen molar-refractivity contribution < 1.29 is 4.79 Å². The van der Waals surface area contributed by atoms with Crippen molar-refractivity contribution in [3.05, 3.63) is 0 Å². The molecule has 98 valence electrons. The molecule has 0 bridgehead atoms. The second-order valence-corrected chi connectivity index (χ2v) is 9.58. The molecule has 3 heteroatoms. The fourth-order valence-electron chi connectivity index (χ4n) is 7.13. The van der Waals surface area contributed by atoms with E-state index < -0.39 is 0 Å². The quantitative estimate of drug-likeness (QED) is 0.562. The predicted octanol–water partition coefficient (Wildman–Crippen LogP) is 2.56. The minimum absolute atomic E-state index is 0.122. The summed E-state index contributed by atoms with van der Waals surface area (Å²) < 4.78 is 0.415. The molecule has 0 heterocycles. The first-order chi connectivity index (χ1) is 8.41. The average Bonchev–Trinajstić information content (AvgIpc) is 2.27. The third-order valence-corrected chi connectivity index (χ3v) is 9.56. The van der Waals surface area contributed by atoms with E-state index in [0.29, 0.717) is 21.4 Å². The van der Waals surface area contributed by atoms with Gasteiger partial charge in [-0.2, -0.15) is 0 Å². The molecule has 0 aromatic carbocycles. The van der Waals surface area contributed by atoms with Crippen LogP contribution in [0.3, 0.4) is 0 Å². The first-order valence-electron chi connectivity index (χ1n) is 7.43. The highest BCUT2D eigenvalue weighted by Gasteiger charge is 3.12. The van der Waals surface area contributed by atoms with E-state index in [2.05, 4.69) is 55.2 Å². The molecule has 0 aromatic rings. The Kier molecular flexibility index (Phi) is 1.54. The van der Waals surface area contributed by atoms with Gasteiger partial charge < -0.3 is 4.90 Å². The van der Waals surface area contributed by atoms with Crippen molar-refractivity contribution in [1.29, 1.82) is 0 Å². The topological polar surface area (TPSA) is 20.3 Å². The van der Waals surface area contributed by atoms with E-state index in [1.54, 1.807) is 0 Å². The zero-order valence-electron chi connectivity index (χ0n) is 11.4. The molecule has 0 saturated heterocycles. The van der Waals surface area contributed by atoms with Crippen molar-refractivity contribution in [2.24, 2.45) is 40.9 Å². The highest BCUT2D eigenvalue weighted by atomic mass is 127. The molecule has 6 fully saturated rings. The lowest BCUT2D eigenvalue weighted by molar-refractivity contribution is -0.571. The van der Waals surface area contributed by atoms with E-state index in [4.69, 9.17) is 0 Å². The molecule has 0 radical (unpaired) electrons. The van der Waals surface area contributed by atoms with Crippen LogP contribution < -0.4 is 0 Å². The van der Waals surface area contributed by atoms with Gasteiger partial charge in [0.2, 0.25) is 5.91 Å². The summed E-state index contributed by atoms with van der Waals surface area (Å²) in [5.74, 6) is 6.08. The van der Waals surface area contributed by atoms with Gasteiger partial charge in [-0.1, -0.05) is 22.6 Å². The second kappa shape index (κ2) is 2.53. The summed E-state index contributed by atoms with van der Waals surface area (Å²) in [6, 6.07) is 0.691. The summed E-state index contributed by atoms with van der Waals surface area (Å²) in [6.07, 6.45) is 0. The van der Waals surface area contributed by atoms with E-state index >= 15 is 0 Å². The number of alkyl halides is 1. The summed E-state index contributed by atoms with van der Waals surface area (Å²) in [6.45, 7) is 8.66. The maximum Gasteiger partial charge on any atom is 0.231 e. The Hall–Kier alpha value is 0.200. The largest absolute Gasteiger partial charge is 0.337 e. The van der Waals surface area contributed by atoms with Crippen LogP contribution in [0.5, 0.6) is 0 Å². The van der Waals surface area contributed by atoms with Gasteiger partial charge in [-0.25, -0.2) is 0 Å². The van der Waals surface area contributed by atoms with Gasteiger partial charge in [0.05, 0.1) is 5.41 Å². The van der Waals surface area contributed by atoms with Crippen molar-refractivity contribution in [1.82, 2.24) is 4.90 Å². The molecule has 0 N–H and O–H groups in total. The number of nitrogens with zero attached hydrogens (tertiary/aromatic N) is 1. The summed E-state index contributed by atoms with van der Waals surface area (Å²) in [4.78, 5) is 15.3. The minimum Gasteiger partial charge on any atom is -0.337 e. The molecule has 6 rings (SSSR count). The Labute approximate surface area is 122 Å². The highest BCUT2D eigenvalue weighted by Crippen LogP contribution is 3.09. The molecule has 0 spiro atoms. The van der Waals surface area contributed by atoms with Crippen LogP contribution in [0.2, 0.25) is 0 Å². The van der Waals surface area contributed by atoms with Crippen LogP contribution in [0.25, 0.3) is 0 Å². The smallest absolute Gasteiger partial charge is 0.231 e. The summed E-state index contributed by atoms with van der Waals surface area (Å²) in [5, 5.41) is 0. The van der Waals surface area contributed by atoms with Crippen LogP contribution in [-0.4, -0.2) is 26.3 Å². The molecule has 4 atom stereocenters. The summed E-state index contributed by atoms with van der Waals surface area (Å²) >= 11 is 2.68. The lowest BCUT2D eigenvalue weighted by atomic mass is 8.96. The van der Waals surface area contributed by atoms with Crippen LogP contribution in [-0.2, 0) is 4.79 Å². The number of hydrogen-bond donors (Lipinski definition) is 0. The Morgan fingerprint density at radius 1 is 1.00 bits per heavy atom. The monoisotopic (exact) mass is 357 g/mol. The average molecular weight is 357 g/mol. The van der Waals surface area contributed by atoms with E-state index in [9.17, 15) is 4.79 Å². The fraction of sp³-hybridized carbons (Fsp3) is 0.933. The van der Waals surface area contributed by atoms with Gasteiger partial charge in [0.15, 0.2) is 0 Å². The molecular weight excluding hydrogens is 337 g/mol. The van der Waals surface area contributed by atoms with Crippen molar-refractivity contribution in [3.63, 3.8) is 0 Å². The van der Waals surface area contributed by atoms with E-state index in [-0.39, 0.29) is 5.41 Å². The second-order valence-electron chi connectivity index (χ2n) is 7.79. The number of amides is 1. The molecule has 6 aliphatic carbocycles. The van der Waals surface area contributed by atoms with Crippen molar-refractivity contribution in [2.45, 2.75) is 43.2 Å². The summed E-state index contributed by atoms with van der Waals surface area (Å²) in [5.41, 5.74) is 0.122. The number of carbonyl (C=O) groups excluding carboxylic acids is 1. The third-order valence-electron chi connectivity index (χ3n) is 7.23. The molecule has 1 amide bonds. The Balaban J connectivity index is 1.52. The van der Waals surface area contributed by atoms with Gasteiger partial charge in [-0.3, -0.25) is 4.79 Å². The molecule has 18 heavy (non-hydrogen) atoms. The molecule has 6 aliphatic rings. The van der Waals surface area contributed by atoms with E-state index in [1.165, 1.54) is 0 Å². The van der Waals surface area contributed by atoms with Crippen LogP contribution in [0.15, 0.2) is 0 Å². The van der Waals surface area contributed by atoms with Crippen LogP contribution in [0, 0.1) is 40.9 Å². The van der Waals surface area contributed by atoms with Crippen LogP contribution in [0.4, 0.5) is 0 Å². The Morgan fingerprint density at radius 3 is 1.83 bits per heavy atom. The van der Waals surface area contributed by atoms with Crippen molar-refractivity contribution >= 4 is 28.5 Å². The maximum absolute atomic E-state index is 13.1. The Bertz CT molecular complexity index is 471. The zero-order valence-corrected chi connectivity index (χ0v) is 13.5. The maximum atomic E-state index is 13.1. The van der Waals surface area contributed by atoms with Gasteiger partial charge in [0.25, 0.3) is 0 Å². The SMILES string of the molecule is CC(C)N(C(=O)C12C3C4C5C3C1(I)C5C42)C(C)C. The molecule has 4 unspecified atom stereocenters. The standard InChI is InChI=1S/C15H20INO/c1-5(2)17(6(3)4)13(18)14-9-7-8-11(9)15(14,16)12(8)10(7)14/h5-12H,1-4H3. The van der Waals surface area contributed by atoms with Gasteiger partial charge in [0.1, 0.15) is 0 Å². The molecule has 0 aromatic heterocycles. The molecular formula is C15H20INO. The van der Waals surface area contributed by atoms with Gasteiger partial charge in [-0.05, 0) is 63.2 Å². The first-order valence-corrected chi connectivity index (χ1v) is 8.51. The Morgan fingerprint density at radius 2 is 1.44 bits per heavy atom. The van der Waals surface area contributed by atoms with Crippen molar-refractivity contribution in [2.75, 3.05) is 0 Å². The fourth-order valence-corrected chi connectivity index (χ4v) is 9.69. The van der Waals surface area contributed by atoms with Crippen LogP contribution in [0.1, 0.15) is 27.7 Å². The molecule has 0 aliphatic heterocycles. The zero-order chi connectivity index (χ0) is 12.8. The lowest BCUT2D eigenvalue weighted by Crippen LogP contribution is -3.13. The third kappa shape index (κ3) is 0.597. The van der Waals surface area contributed by atoms with Crippen LogP contribution >= 0.6 is 22.6 Å². The molecule has 6 saturated carbocycles. The minimum atomic E-state index is 0.122. The summed E-state index contributed by atoms with van der Waals surface area (Å²) in [7, 11) is 0. The van der Waals surface area contributed by atoms with E-state index in [1.807, 2.05) is 0 Å². The van der Waals surface area contributed by atoms with E-state index in [0.717, 1.165) is 35.5 Å². The normalized spacial score (nSPS) is 63.3. The predicted molar refractivity (Wildman–Crippen MR) is 77.2 cm³/mol. The number of hydrogen-bond acceptors (Lipinski definition) is 1. The lowest BCUT2D eigenvalue weighted by Gasteiger charge is -3.09. The number of halogens is 1. The number of rotatable bonds is 3.